The molecule has 1 N–H and O–H groups in total. The lowest BCUT2D eigenvalue weighted by atomic mass is 10.1. The number of nitrogens with one attached hydrogen (secondary N) is 1. The van der Waals surface area contributed by atoms with E-state index in [0.717, 1.165) is 5.56 Å². The lowest BCUT2D eigenvalue weighted by Crippen LogP contribution is -2.14. The maximum atomic E-state index is 12.4. The molecule has 0 aliphatic rings. The Labute approximate surface area is 151 Å². The molecule has 26 heavy (non-hydrogen) atoms. The van der Waals surface area contributed by atoms with Gasteiger partial charge < -0.3 is 14.8 Å². The number of benzene rings is 2. The van der Waals surface area contributed by atoms with Crippen LogP contribution in [0.3, 0.4) is 0 Å². The van der Waals surface area contributed by atoms with Crippen molar-refractivity contribution >= 4 is 23.6 Å². The van der Waals surface area contributed by atoms with Gasteiger partial charge in [0.1, 0.15) is 23.1 Å². The lowest BCUT2D eigenvalue weighted by molar-refractivity contribution is -0.131. The Morgan fingerprint density at radius 1 is 1.15 bits per heavy atom. The van der Waals surface area contributed by atoms with Gasteiger partial charge in [0.15, 0.2) is 0 Å². The van der Waals surface area contributed by atoms with Crippen molar-refractivity contribution in [2.45, 2.75) is 13.8 Å². The van der Waals surface area contributed by atoms with Gasteiger partial charge in [-0.3, -0.25) is 9.59 Å². The predicted octanol–water partition coefficient (Wildman–Crippen LogP) is 3.47. The number of anilines is 1. The molecule has 6 nitrogen and oxygen atoms in total. The number of esters is 1. The summed E-state index contributed by atoms with van der Waals surface area (Å²) in [5, 5.41) is 12.0. The third kappa shape index (κ3) is 4.95. The van der Waals surface area contributed by atoms with Crippen molar-refractivity contribution in [1.82, 2.24) is 0 Å². The molecule has 6 heteroatoms. The van der Waals surface area contributed by atoms with Gasteiger partial charge in [-0.2, -0.15) is 5.26 Å². The highest BCUT2D eigenvalue weighted by molar-refractivity contribution is 6.10. The van der Waals surface area contributed by atoms with Crippen molar-refractivity contribution in [3.05, 3.63) is 59.2 Å². The Morgan fingerprint density at radius 2 is 1.85 bits per heavy atom. The highest BCUT2D eigenvalue weighted by Crippen LogP contribution is 2.26. The topological polar surface area (TPSA) is 88.4 Å². The van der Waals surface area contributed by atoms with Crippen LogP contribution >= 0.6 is 0 Å². The molecule has 0 heterocycles. The summed E-state index contributed by atoms with van der Waals surface area (Å²) in [5.41, 5.74) is 2.01. The van der Waals surface area contributed by atoms with Crippen molar-refractivity contribution in [2.24, 2.45) is 0 Å². The number of carbonyl (C=O) groups is 2. The third-order valence-corrected chi connectivity index (χ3v) is 3.42. The van der Waals surface area contributed by atoms with Crippen LogP contribution in [0.5, 0.6) is 11.5 Å². The normalized spacial score (nSPS) is 10.6. The Kier molecular flexibility index (Phi) is 6.12. The van der Waals surface area contributed by atoms with E-state index >= 15 is 0 Å². The minimum atomic E-state index is -0.541. The van der Waals surface area contributed by atoms with Crippen LogP contribution in [0, 0.1) is 18.3 Å². The van der Waals surface area contributed by atoms with E-state index < -0.39 is 11.9 Å². The highest BCUT2D eigenvalue weighted by Gasteiger charge is 2.12. The van der Waals surface area contributed by atoms with Crippen LogP contribution in [0.1, 0.15) is 18.1 Å². The second-order valence-electron chi connectivity index (χ2n) is 5.49. The summed E-state index contributed by atoms with van der Waals surface area (Å²) in [7, 11) is 1.51. The first kappa shape index (κ1) is 18.7. The molecule has 132 valence electrons. The van der Waals surface area contributed by atoms with Gasteiger partial charge >= 0.3 is 5.97 Å². The first-order chi connectivity index (χ1) is 12.4. The molecule has 0 bridgehead atoms. The lowest BCUT2D eigenvalue weighted by Gasteiger charge is -2.10. The van der Waals surface area contributed by atoms with Crippen LogP contribution in [-0.2, 0) is 9.59 Å². The van der Waals surface area contributed by atoms with Crippen molar-refractivity contribution in [3.63, 3.8) is 0 Å². The van der Waals surface area contributed by atoms with Crippen LogP contribution in [0.25, 0.3) is 6.08 Å². The Balaban J connectivity index is 2.21. The predicted molar refractivity (Wildman–Crippen MR) is 97.7 cm³/mol. The molecule has 1 amide bonds. The van der Waals surface area contributed by atoms with Gasteiger partial charge in [-0.05, 0) is 48.4 Å². The number of hydrogen-bond acceptors (Lipinski definition) is 5. The maximum absolute atomic E-state index is 12.4. The van der Waals surface area contributed by atoms with Gasteiger partial charge in [0.2, 0.25) is 0 Å². The van der Waals surface area contributed by atoms with E-state index in [1.165, 1.54) is 20.1 Å². The number of aryl methyl sites for hydroxylation is 1. The zero-order chi connectivity index (χ0) is 19.1. The zero-order valence-electron chi connectivity index (χ0n) is 14.7. The summed E-state index contributed by atoms with van der Waals surface area (Å²) in [6, 6.07) is 13.7. The number of methoxy groups -OCH3 is 1. The van der Waals surface area contributed by atoms with Gasteiger partial charge in [0.05, 0.1) is 12.8 Å². The summed E-state index contributed by atoms with van der Waals surface area (Å²) in [6.45, 7) is 3.20. The molecule has 2 aromatic carbocycles. The summed E-state index contributed by atoms with van der Waals surface area (Å²) in [5.74, 6) is -0.0629. The van der Waals surface area contributed by atoms with E-state index in [1.807, 2.05) is 19.1 Å². The summed E-state index contributed by atoms with van der Waals surface area (Å²) in [4.78, 5) is 23.3. The molecule has 0 aromatic heterocycles. The van der Waals surface area contributed by atoms with E-state index in [-0.39, 0.29) is 5.57 Å². The molecule has 0 saturated carbocycles. The first-order valence-electron chi connectivity index (χ1n) is 7.79. The summed E-state index contributed by atoms with van der Waals surface area (Å²) in [6.07, 6.45) is 1.45. The van der Waals surface area contributed by atoms with Crippen molar-refractivity contribution in [1.29, 1.82) is 5.26 Å². The van der Waals surface area contributed by atoms with E-state index in [9.17, 15) is 14.9 Å². The number of amides is 1. The number of hydrogen-bond donors (Lipinski definition) is 1. The fourth-order valence-corrected chi connectivity index (χ4v) is 2.22. The quantitative estimate of drug-likeness (QED) is 0.386. The summed E-state index contributed by atoms with van der Waals surface area (Å²) < 4.78 is 10.2. The molecule has 0 aliphatic carbocycles. The average Bonchev–Trinajstić information content (AvgIpc) is 2.60. The van der Waals surface area contributed by atoms with Crippen LogP contribution in [-0.4, -0.2) is 19.0 Å². The average molecular weight is 350 g/mol. The maximum Gasteiger partial charge on any atom is 0.308 e. The number of nitrogens with zero attached hydrogens (tertiary/aromatic N) is 1. The minimum Gasteiger partial charge on any atom is -0.495 e. The largest absolute Gasteiger partial charge is 0.495 e. The molecule has 0 aliphatic heterocycles. The van der Waals surface area contributed by atoms with E-state index in [2.05, 4.69) is 5.32 Å². The number of ether oxygens (including phenoxy) is 2. The van der Waals surface area contributed by atoms with E-state index in [1.54, 1.807) is 36.4 Å². The molecule has 0 spiro atoms. The standard InChI is InChI=1S/C20H18N2O4/c1-13-4-9-19(25-3)18(10-13)22-20(24)16(12-21)11-15-5-7-17(8-6-15)26-14(2)23/h4-11H,1-3H3,(H,22,24)/b16-11+. The zero-order valence-corrected chi connectivity index (χ0v) is 14.7. The minimum absolute atomic E-state index is 0.0613. The Hall–Kier alpha value is -3.59. The van der Waals surface area contributed by atoms with Gasteiger partial charge in [0, 0.05) is 6.92 Å². The first-order valence-corrected chi connectivity index (χ1v) is 7.79. The molecule has 0 saturated heterocycles. The summed E-state index contributed by atoms with van der Waals surface area (Å²) >= 11 is 0. The van der Waals surface area contributed by atoms with Crippen molar-refractivity contribution in [2.75, 3.05) is 12.4 Å². The molecule has 0 fully saturated rings. The second kappa shape index (κ2) is 8.49. The molecular formula is C20H18N2O4. The molecule has 0 radical (unpaired) electrons. The van der Waals surface area contributed by atoms with Gasteiger partial charge in [0.25, 0.3) is 5.91 Å². The highest BCUT2D eigenvalue weighted by atomic mass is 16.5. The monoisotopic (exact) mass is 350 g/mol. The van der Waals surface area contributed by atoms with E-state index in [0.29, 0.717) is 22.7 Å². The van der Waals surface area contributed by atoms with Gasteiger partial charge in [-0.15, -0.1) is 0 Å². The second-order valence-corrected chi connectivity index (χ2v) is 5.49. The molecule has 0 unspecified atom stereocenters. The van der Waals surface area contributed by atoms with Crippen LogP contribution in [0.15, 0.2) is 48.0 Å². The molecule has 0 atom stereocenters. The van der Waals surface area contributed by atoms with Gasteiger partial charge in [-0.25, -0.2) is 0 Å². The fraction of sp³-hybridized carbons (Fsp3) is 0.150. The fourth-order valence-electron chi connectivity index (χ4n) is 2.22. The van der Waals surface area contributed by atoms with Crippen molar-refractivity contribution in [3.8, 4) is 17.6 Å². The third-order valence-electron chi connectivity index (χ3n) is 3.42. The van der Waals surface area contributed by atoms with Gasteiger partial charge in [-0.1, -0.05) is 18.2 Å². The van der Waals surface area contributed by atoms with Crippen LogP contribution in [0.4, 0.5) is 5.69 Å². The Morgan fingerprint density at radius 3 is 2.42 bits per heavy atom. The van der Waals surface area contributed by atoms with E-state index in [4.69, 9.17) is 9.47 Å². The van der Waals surface area contributed by atoms with Crippen LogP contribution < -0.4 is 14.8 Å². The molecular weight excluding hydrogens is 332 g/mol. The molecule has 2 rings (SSSR count). The number of nitriles is 1. The molecule has 2 aromatic rings. The number of carbonyl (C=O) groups excluding carboxylic acids is 2. The number of rotatable bonds is 5. The van der Waals surface area contributed by atoms with Crippen molar-refractivity contribution < 1.29 is 19.1 Å². The van der Waals surface area contributed by atoms with Crippen LogP contribution in [0.2, 0.25) is 0 Å². The Bertz CT molecular complexity index is 893. The SMILES string of the molecule is COc1ccc(C)cc1NC(=O)/C(C#N)=C/c1ccc(OC(C)=O)cc1. The smallest absolute Gasteiger partial charge is 0.308 e.